The lowest BCUT2D eigenvalue weighted by atomic mass is 10.2. The molecule has 0 radical (unpaired) electrons. The van der Waals surface area contributed by atoms with Crippen molar-refractivity contribution in [3.63, 3.8) is 0 Å². The van der Waals surface area contributed by atoms with Crippen LogP contribution in [0.2, 0.25) is 0 Å². The predicted molar refractivity (Wildman–Crippen MR) is 117 cm³/mol. The Hall–Kier alpha value is -1.33. The van der Waals surface area contributed by atoms with Crippen LogP contribution in [-0.2, 0) is 0 Å². The van der Waals surface area contributed by atoms with E-state index in [-0.39, 0.29) is 0 Å². The highest BCUT2D eigenvalue weighted by Crippen LogP contribution is 2.42. The molecule has 0 saturated heterocycles. The molecule has 3 heterocycles. The van der Waals surface area contributed by atoms with Crippen molar-refractivity contribution < 1.29 is 0 Å². The summed E-state index contributed by atoms with van der Waals surface area (Å²) in [6, 6.07) is 13.6. The minimum Gasteiger partial charge on any atom is -0.140 e. The van der Waals surface area contributed by atoms with Crippen LogP contribution in [0, 0.1) is 6.92 Å². The first-order valence-electron chi connectivity index (χ1n) is 7.56. The van der Waals surface area contributed by atoms with E-state index in [9.17, 15) is 0 Å². The van der Waals surface area contributed by atoms with Gasteiger partial charge in [0.2, 0.25) is 0 Å². The van der Waals surface area contributed by atoms with Crippen LogP contribution in [0.4, 0.5) is 0 Å². The second-order valence-electron chi connectivity index (χ2n) is 5.79. The second kappa shape index (κ2) is 6.19. The van der Waals surface area contributed by atoms with E-state index < -0.39 is 0 Å². The molecule has 1 aromatic carbocycles. The van der Waals surface area contributed by atoms with Gasteiger partial charge in [0, 0.05) is 33.8 Å². The Kier molecular flexibility index (Phi) is 4.17. The van der Waals surface area contributed by atoms with Gasteiger partial charge in [0.15, 0.2) is 0 Å². The molecule has 0 aliphatic carbocycles. The van der Waals surface area contributed by atoms with E-state index >= 15 is 0 Å². The lowest BCUT2D eigenvalue weighted by Gasteiger charge is -1.99. The lowest BCUT2D eigenvalue weighted by Crippen LogP contribution is -1.69. The van der Waals surface area contributed by atoms with Crippen LogP contribution in [0.15, 0.2) is 54.5 Å². The number of rotatable bonds is 4. The van der Waals surface area contributed by atoms with Crippen molar-refractivity contribution in [3.8, 4) is 9.75 Å². The van der Waals surface area contributed by atoms with Crippen molar-refractivity contribution in [2.45, 2.75) is 13.8 Å². The van der Waals surface area contributed by atoms with Gasteiger partial charge >= 0.3 is 0 Å². The zero-order chi connectivity index (χ0) is 16.8. The number of fused-ring (bicyclic) bond motifs is 2. The molecular weight excluding hydrogens is 368 g/mol. The Balaban J connectivity index is 1.77. The smallest absolute Gasteiger partial charge is 0.0455 e. The minimum absolute atomic E-state index is 1.08. The highest BCUT2D eigenvalue weighted by atomic mass is 32.2. The molecule has 0 aliphatic rings. The van der Waals surface area contributed by atoms with Gasteiger partial charge in [-0.15, -0.1) is 34.0 Å². The topological polar surface area (TPSA) is 0 Å². The third kappa shape index (κ3) is 3.00. The van der Waals surface area contributed by atoms with Gasteiger partial charge in [0.05, 0.1) is 0 Å². The van der Waals surface area contributed by atoms with Crippen LogP contribution in [-0.4, -0.2) is 0 Å². The van der Waals surface area contributed by atoms with Crippen LogP contribution in [0.25, 0.3) is 34.8 Å². The van der Waals surface area contributed by atoms with Crippen LogP contribution in [0.3, 0.4) is 0 Å². The number of thioether (sulfide) groups is 1. The average Bonchev–Trinajstić information content (AvgIpc) is 3.20. The van der Waals surface area contributed by atoms with E-state index in [1.165, 1.54) is 39.7 Å². The molecule has 0 aliphatic heterocycles. The molecule has 0 unspecified atom stereocenters. The van der Waals surface area contributed by atoms with Crippen LogP contribution in [0.5, 0.6) is 0 Å². The summed E-state index contributed by atoms with van der Waals surface area (Å²) in [4.78, 5) is 7.50. The van der Waals surface area contributed by atoms with E-state index in [0.29, 0.717) is 0 Å². The first kappa shape index (κ1) is 16.2. The summed E-state index contributed by atoms with van der Waals surface area (Å²) in [6.45, 7) is 12.3. The normalized spacial score (nSPS) is 11.4. The maximum absolute atomic E-state index is 4.19. The fraction of sp³-hybridized carbons (Fsp3) is 0.100. The first-order valence-corrected chi connectivity index (χ1v) is 10.8. The molecule has 4 aromatic rings. The molecule has 0 saturated carbocycles. The third-order valence-electron chi connectivity index (χ3n) is 3.71. The van der Waals surface area contributed by atoms with Gasteiger partial charge in [-0.25, -0.2) is 0 Å². The van der Waals surface area contributed by atoms with Crippen LogP contribution < -0.4 is 0 Å². The molecule has 0 bridgehead atoms. The standard InChI is InChI=1S/C20H16S4/c1-11(2)21-13(4)17-7-14-8-19-15(9-18(14)23-17)10-20(24-19)16-6-5-12(3)22-16/h5-10H,1,4H2,2-3H3. The summed E-state index contributed by atoms with van der Waals surface area (Å²) >= 11 is 7.22. The molecule has 0 atom stereocenters. The average molecular weight is 385 g/mol. The van der Waals surface area contributed by atoms with E-state index in [1.54, 1.807) is 11.8 Å². The Bertz CT molecular complexity index is 1040. The van der Waals surface area contributed by atoms with Gasteiger partial charge in [-0.05, 0) is 65.9 Å². The van der Waals surface area contributed by atoms with Crippen molar-refractivity contribution >= 4 is 70.8 Å². The van der Waals surface area contributed by atoms with Gasteiger partial charge < -0.3 is 0 Å². The predicted octanol–water partition coefficient (Wildman–Crippen LogP) is 8.39. The largest absolute Gasteiger partial charge is 0.140 e. The Labute approximate surface area is 158 Å². The summed E-state index contributed by atoms with van der Waals surface area (Å²) in [5.41, 5.74) is 0. The van der Waals surface area contributed by atoms with Crippen molar-refractivity contribution in [3.05, 3.63) is 64.2 Å². The summed E-state index contributed by atoms with van der Waals surface area (Å²) < 4.78 is 2.68. The minimum atomic E-state index is 1.08. The monoisotopic (exact) mass is 384 g/mol. The van der Waals surface area contributed by atoms with E-state index in [2.05, 4.69) is 56.5 Å². The summed E-state index contributed by atoms with van der Waals surface area (Å²) in [5.74, 6) is 0. The van der Waals surface area contributed by atoms with Gasteiger partial charge in [0.25, 0.3) is 0 Å². The number of thiophene rings is 3. The molecule has 0 N–H and O–H groups in total. The Morgan fingerprint density at radius 1 is 0.875 bits per heavy atom. The highest BCUT2D eigenvalue weighted by molar-refractivity contribution is 8.11. The number of allylic oxidation sites excluding steroid dienone is 1. The lowest BCUT2D eigenvalue weighted by molar-refractivity contribution is 1.64. The van der Waals surface area contributed by atoms with Gasteiger partial charge in [-0.3, -0.25) is 0 Å². The molecule has 24 heavy (non-hydrogen) atoms. The van der Waals surface area contributed by atoms with Crippen LogP contribution in [0.1, 0.15) is 16.7 Å². The molecular formula is C20H16S4. The highest BCUT2D eigenvalue weighted by Gasteiger charge is 2.11. The summed E-state index contributed by atoms with van der Waals surface area (Å²) in [5, 5.41) is 2.64. The van der Waals surface area contributed by atoms with E-state index in [0.717, 1.165) is 9.81 Å². The molecule has 0 nitrogen and oxygen atoms in total. The fourth-order valence-corrected chi connectivity index (χ4v) is 6.49. The first-order chi connectivity index (χ1) is 11.5. The molecule has 4 rings (SSSR count). The van der Waals surface area contributed by atoms with E-state index in [4.69, 9.17) is 0 Å². The van der Waals surface area contributed by atoms with Crippen molar-refractivity contribution in [1.29, 1.82) is 0 Å². The summed E-state index contributed by atoms with van der Waals surface area (Å²) in [6.07, 6.45) is 0. The molecule has 0 spiro atoms. The molecule has 120 valence electrons. The SMILES string of the molecule is C=C(C)SC(=C)c1cc2cc3sc(-c4ccc(C)s4)cc3cc2s1. The van der Waals surface area contributed by atoms with E-state index in [1.807, 2.05) is 40.9 Å². The number of hydrogen-bond donors (Lipinski definition) is 0. The fourth-order valence-electron chi connectivity index (χ4n) is 2.66. The maximum atomic E-state index is 4.19. The molecule has 3 aromatic heterocycles. The Morgan fingerprint density at radius 3 is 2.25 bits per heavy atom. The molecule has 0 fully saturated rings. The number of hydrogen-bond acceptors (Lipinski definition) is 4. The van der Waals surface area contributed by atoms with Gasteiger partial charge in [-0.1, -0.05) is 24.9 Å². The van der Waals surface area contributed by atoms with Crippen molar-refractivity contribution in [2.24, 2.45) is 0 Å². The zero-order valence-electron chi connectivity index (χ0n) is 13.5. The quantitative estimate of drug-likeness (QED) is 0.340. The second-order valence-corrected chi connectivity index (χ2v) is 10.6. The number of benzene rings is 1. The molecule has 0 amide bonds. The van der Waals surface area contributed by atoms with Gasteiger partial charge in [0.1, 0.15) is 0 Å². The van der Waals surface area contributed by atoms with Crippen LogP contribution >= 0.6 is 45.8 Å². The zero-order valence-corrected chi connectivity index (χ0v) is 16.8. The summed E-state index contributed by atoms with van der Waals surface area (Å²) in [7, 11) is 0. The van der Waals surface area contributed by atoms with Crippen molar-refractivity contribution in [2.75, 3.05) is 0 Å². The Morgan fingerprint density at radius 2 is 1.58 bits per heavy atom. The number of aryl methyl sites for hydroxylation is 1. The molecule has 4 heteroatoms. The maximum Gasteiger partial charge on any atom is 0.0455 e. The van der Waals surface area contributed by atoms with Gasteiger partial charge in [-0.2, -0.15) is 0 Å². The third-order valence-corrected chi connectivity index (χ3v) is 8.11. The van der Waals surface area contributed by atoms with Crippen molar-refractivity contribution in [1.82, 2.24) is 0 Å².